The molecule has 0 unspecified atom stereocenters. The summed E-state index contributed by atoms with van der Waals surface area (Å²) >= 11 is 7.58. The molecule has 0 atom stereocenters. The van der Waals surface area contributed by atoms with Gasteiger partial charge in [0.15, 0.2) is 0 Å². The van der Waals surface area contributed by atoms with Gasteiger partial charge in [-0.3, -0.25) is 0 Å². The van der Waals surface area contributed by atoms with E-state index in [1.54, 1.807) is 11.3 Å². The molecule has 1 aromatic heterocycles. The summed E-state index contributed by atoms with van der Waals surface area (Å²) < 4.78 is 5.60. The van der Waals surface area contributed by atoms with Crippen molar-refractivity contribution in [3.63, 3.8) is 0 Å². The lowest BCUT2D eigenvalue weighted by molar-refractivity contribution is 0.0630. The maximum absolute atomic E-state index is 5.79. The highest BCUT2D eigenvalue weighted by atomic mass is 35.5. The molecule has 0 N–H and O–H groups in total. The number of alkyl halides is 1. The van der Waals surface area contributed by atoms with Crippen LogP contribution in [0.2, 0.25) is 0 Å². The van der Waals surface area contributed by atoms with Crippen molar-refractivity contribution in [2.24, 2.45) is 0 Å². The molecule has 0 amide bonds. The van der Waals surface area contributed by atoms with Gasteiger partial charge in [-0.05, 0) is 31.2 Å². The van der Waals surface area contributed by atoms with Crippen LogP contribution in [0.3, 0.4) is 0 Å². The fourth-order valence-electron chi connectivity index (χ4n) is 2.99. The van der Waals surface area contributed by atoms with Gasteiger partial charge < -0.3 is 4.74 Å². The Bertz CT molecular complexity index is 563. The van der Waals surface area contributed by atoms with Gasteiger partial charge >= 0.3 is 0 Å². The molecule has 0 saturated carbocycles. The first-order valence-corrected chi connectivity index (χ1v) is 8.91. The first-order valence-electron chi connectivity index (χ1n) is 7.49. The number of aromatic nitrogens is 1. The van der Waals surface area contributed by atoms with E-state index in [0.29, 0.717) is 5.88 Å². The van der Waals surface area contributed by atoms with Crippen molar-refractivity contribution in [1.29, 1.82) is 0 Å². The van der Waals surface area contributed by atoms with Crippen LogP contribution in [-0.4, -0.2) is 24.1 Å². The largest absolute Gasteiger partial charge is 0.381 e. The van der Waals surface area contributed by atoms with Gasteiger partial charge in [0, 0.05) is 24.5 Å². The molecule has 3 rings (SSSR count). The third kappa shape index (κ3) is 3.15. The fourth-order valence-corrected chi connectivity index (χ4v) is 4.26. The summed E-state index contributed by atoms with van der Waals surface area (Å²) in [6.45, 7) is 1.62. The van der Waals surface area contributed by atoms with Crippen molar-refractivity contribution in [3.05, 3.63) is 52.0 Å². The van der Waals surface area contributed by atoms with E-state index in [2.05, 4.69) is 35.7 Å². The predicted molar refractivity (Wildman–Crippen MR) is 88.4 cm³/mol. The predicted octanol–water partition coefficient (Wildman–Crippen LogP) is 4.41. The summed E-state index contributed by atoms with van der Waals surface area (Å²) in [5.74, 6) is 0.699. The monoisotopic (exact) mass is 321 g/mol. The van der Waals surface area contributed by atoms with E-state index in [9.17, 15) is 0 Å². The number of nitrogens with zero attached hydrogens (tertiary/aromatic N) is 1. The summed E-state index contributed by atoms with van der Waals surface area (Å²) in [5, 5.41) is 3.43. The van der Waals surface area contributed by atoms with Crippen LogP contribution in [0.25, 0.3) is 0 Å². The topological polar surface area (TPSA) is 22.1 Å². The summed E-state index contributed by atoms with van der Waals surface area (Å²) in [4.78, 5) is 4.92. The van der Waals surface area contributed by atoms with Crippen LogP contribution in [0, 0.1) is 0 Å². The van der Waals surface area contributed by atoms with Gasteiger partial charge in [-0.2, -0.15) is 0 Å². The molecule has 21 heavy (non-hydrogen) atoms. The van der Waals surface area contributed by atoms with Gasteiger partial charge in [-0.15, -0.1) is 22.9 Å². The molecular formula is C17H20ClNOS. The highest BCUT2D eigenvalue weighted by molar-refractivity contribution is 7.09. The molecule has 0 spiro atoms. The van der Waals surface area contributed by atoms with Gasteiger partial charge in [0.25, 0.3) is 0 Å². The molecular weight excluding hydrogens is 302 g/mol. The Kier molecular flexibility index (Phi) is 4.94. The highest BCUT2D eigenvalue weighted by Gasteiger charge is 2.38. The smallest absolute Gasteiger partial charge is 0.104 e. The lowest BCUT2D eigenvalue weighted by Gasteiger charge is -2.36. The summed E-state index contributed by atoms with van der Waals surface area (Å²) in [7, 11) is 0. The lowest BCUT2D eigenvalue weighted by atomic mass is 9.74. The molecule has 1 aliphatic heterocycles. The highest BCUT2D eigenvalue weighted by Crippen LogP contribution is 2.42. The zero-order chi connectivity index (χ0) is 14.5. The Labute approximate surface area is 135 Å². The molecule has 1 aliphatic rings. The Morgan fingerprint density at radius 3 is 2.67 bits per heavy atom. The van der Waals surface area contributed by atoms with Crippen molar-refractivity contribution in [3.8, 4) is 0 Å². The lowest BCUT2D eigenvalue weighted by Crippen LogP contribution is -2.35. The van der Waals surface area contributed by atoms with Crippen molar-refractivity contribution >= 4 is 22.9 Å². The van der Waals surface area contributed by atoms with Crippen molar-refractivity contribution in [2.75, 3.05) is 19.1 Å². The SMILES string of the molecule is ClCCCc1csc(C2(c3ccccc3)CCOCC2)n1. The van der Waals surface area contributed by atoms with Crippen LogP contribution in [0.4, 0.5) is 0 Å². The second-order valence-corrected chi connectivity index (χ2v) is 6.73. The standard InChI is InChI=1S/C17H20ClNOS/c18-10-4-7-15-13-21-16(19-15)17(8-11-20-12-9-17)14-5-2-1-3-6-14/h1-3,5-6,13H,4,7-12H2. The first kappa shape index (κ1) is 15.0. The normalized spacial score (nSPS) is 17.8. The second kappa shape index (κ2) is 6.91. The zero-order valence-corrected chi connectivity index (χ0v) is 13.6. The Morgan fingerprint density at radius 2 is 1.95 bits per heavy atom. The number of aryl methyl sites for hydroxylation is 1. The molecule has 1 fully saturated rings. The average Bonchev–Trinajstić information content (AvgIpc) is 3.04. The van der Waals surface area contributed by atoms with Gasteiger partial charge in [0.05, 0.1) is 11.1 Å². The van der Waals surface area contributed by atoms with Crippen LogP contribution < -0.4 is 0 Å². The second-order valence-electron chi connectivity index (χ2n) is 5.50. The van der Waals surface area contributed by atoms with Gasteiger partial charge in [-0.1, -0.05) is 30.3 Å². The summed E-state index contributed by atoms with van der Waals surface area (Å²) in [6.07, 6.45) is 3.99. The first-order chi connectivity index (χ1) is 10.3. The maximum Gasteiger partial charge on any atom is 0.104 e. The summed E-state index contributed by atoms with van der Waals surface area (Å²) in [6, 6.07) is 10.8. The van der Waals surface area contributed by atoms with Crippen molar-refractivity contribution in [2.45, 2.75) is 31.1 Å². The number of rotatable bonds is 5. The molecule has 4 heteroatoms. The fraction of sp³-hybridized carbons (Fsp3) is 0.471. The van der Waals surface area contributed by atoms with Crippen LogP contribution in [-0.2, 0) is 16.6 Å². The van der Waals surface area contributed by atoms with E-state index in [-0.39, 0.29) is 5.41 Å². The van der Waals surface area contributed by atoms with Crippen molar-refractivity contribution in [1.82, 2.24) is 4.98 Å². The molecule has 0 aliphatic carbocycles. The molecule has 1 aromatic carbocycles. The van der Waals surface area contributed by atoms with E-state index < -0.39 is 0 Å². The quantitative estimate of drug-likeness (QED) is 0.761. The summed E-state index contributed by atoms with van der Waals surface area (Å²) in [5.41, 5.74) is 2.58. The molecule has 1 saturated heterocycles. The van der Waals surface area contributed by atoms with Crippen LogP contribution >= 0.6 is 22.9 Å². The number of halogens is 1. The number of hydrogen-bond acceptors (Lipinski definition) is 3. The number of hydrogen-bond donors (Lipinski definition) is 0. The molecule has 2 nitrogen and oxygen atoms in total. The van der Waals surface area contributed by atoms with Crippen LogP contribution in [0.1, 0.15) is 35.5 Å². The van der Waals surface area contributed by atoms with E-state index >= 15 is 0 Å². The third-order valence-corrected chi connectivity index (χ3v) is 5.56. The molecule has 0 radical (unpaired) electrons. The van der Waals surface area contributed by atoms with E-state index in [0.717, 1.165) is 38.9 Å². The van der Waals surface area contributed by atoms with Crippen LogP contribution in [0.5, 0.6) is 0 Å². The molecule has 0 bridgehead atoms. The van der Waals surface area contributed by atoms with Gasteiger partial charge in [0.1, 0.15) is 5.01 Å². The van der Waals surface area contributed by atoms with Gasteiger partial charge in [0.2, 0.25) is 0 Å². The minimum Gasteiger partial charge on any atom is -0.381 e. The Hall–Kier alpha value is -0.900. The molecule has 2 heterocycles. The maximum atomic E-state index is 5.79. The minimum atomic E-state index is 0.0311. The average molecular weight is 322 g/mol. The Balaban J connectivity index is 1.94. The number of thiazole rings is 1. The molecule has 112 valence electrons. The van der Waals surface area contributed by atoms with Crippen LogP contribution in [0.15, 0.2) is 35.7 Å². The number of benzene rings is 1. The van der Waals surface area contributed by atoms with E-state index in [1.165, 1.54) is 16.3 Å². The number of ether oxygens (including phenoxy) is 1. The van der Waals surface area contributed by atoms with E-state index in [4.69, 9.17) is 21.3 Å². The Morgan fingerprint density at radius 1 is 1.19 bits per heavy atom. The van der Waals surface area contributed by atoms with Crippen molar-refractivity contribution < 1.29 is 4.74 Å². The van der Waals surface area contributed by atoms with Gasteiger partial charge in [-0.25, -0.2) is 4.98 Å². The minimum absolute atomic E-state index is 0.0311. The zero-order valence-electron chi connectivity index (χ0n) is 12.1. The molecule has 2 aromatic rings. The third-order valence-electron chi connectivity index (χ3n) is 4.20. The van der Waals surface area contributed by atoms with E-state index in [1.807, 2.05) is 0 Å².